The van der Waals surface area contributed by atoms with Gasteiger partial charge >= 0.3 is 6.09 Å². The molecular weight excluding hydrogens is 384 g/mol. The third-order valence-electron chi connectivity index (χ3n) is 4.62. The quantitative estimate of drug-likeness (QED) is 0.746. The SMILES string of the molecule is CC(C)(C)OC(=O)N1CCN(C[C@@H]2OCCc3c(Br)cccc32)CC1. The van der Waals surface area contributed by atoms with Gasteiger partial charge in [0.15, 0.2) is 0 Å². The van der Waals surface area contributed by atoms with Crippen LogP contribution in [0.4, 0.5) is 4.79 Å². The van der Waals surface area contributed by atoms with Gasteiger partial charge in [0.25, 0.3) is 0 Å². The first-order chi connectivity index (χ1) is 11.8. The van der Waals surface area contributed by atoms with Crippen molar-refractivity contribution in [3.8, 4) is 0 Å². The maximum atomic E-state index is 12.2. The maximum Gasteiger partial charge on any atom is 0.410 e. The lowest BCUT2D eigenvalue weighted by Crippen LogP contribution is -2.51. The summed E-state index contributed by atoms with van der Waals surface area (Å²) in [6, 6.07) is 6.34. The molecule has 6 heteroatoms. The summed E-state index contributed by atoms with van der Waals surface area (Å²) in [4.78, 5) is 16.3. The highest BCUT2D eigenvalue weighted by atomic mass is 79.9. The first-order valence-corrected chi connectivity index (χ1v) is 9.72. The fourth-order valence-electron chi connectivity index (χ4n) is 3.36. The average molecular weight is 411 g/mol. The lowest BCUT2D eigenvalue weighted by Gasteiger charge is -2.38. The van der Waals surface area contributed by atoms with E-state index in [0.29, 0.717) is 13.1 Å². The van der Waals surface area contributed by atoms with Crippen LogP contribution in [0.3, 0.4) is 0 Å². The molecule has 25 heavy (non-hydrogen) atoms. The van der Waals surface area contributed by atoms with Crippen molar-refractivity contribution >= 4 is 22.0 Å². The number of ether oxygens (including phenoxy) is 2. The highest BCUT2D eigenvalue weighted by Gasteiger charge is 2.29. The molecule has 0 aliphatic carbocycles. The molecule has 2 aliphatic heterocycles. The van der Waals surface area contributed by atoms with E-state index in [1.807, 2.05) is 20.8 Å². The molecule has 5 nitrogen and oxygen atoms in total. The molecule has 1 fully saturated rings. The number of hydrogen-bond donors (Lipinski definition) is 0. The van der Waals surface area contributed by atoms with Crippen LogP contribution >= 0.6 is 15.9 Å². The molecule has 1 aromatic rings. The first-order valence-electron chi connectivity index (χ1n) is 8.92. The molecule has 2 aliphatic rings. The maximum absolute atomic E-state index is 12.2. The lowest BCUT2D eigenvalue weighted by molar-refractivity contribution is -0.00658. The van der Waals surface area contributed by atoms with Crippen molar-refractivity contribution in [3.05, 3.63) is 33.8 Å². The molecule has 0 unspecified atom stereocenters. The van der Waals surface area contributed by atoms with E-state index in [1.165, 1.54) is 15.6 Å². The second-order valence-corrected chi connectivity index (χ2v) is 8.54. The highest BCUT2D eigenvalue weighted by Crippen LogP contribution is 2.32. The number of nitrogens with zero attached hydrogens (tertiary/aromatic N) is 2. The molecule has 1 amide bonds. The van der Waals surface area contributed by atoms with Gasteiger partial charge in [-0.05, 0) is 44.4 Å². The largest absolute Gasteiger partial charge is 0.444 e. The summed E-state index contributed by atoms with van der Waals surface area (Å²) in [6.07, 6.45) is 0.851. The summed E-state index contributed by atoms with van der Waals surface area (Å²) >= 11 is 3.66. The van der Waals surface area contributed by atoms with Gasteiger partial charge in [-0.1, -0.05) is 28.1 Å². The zero-order valence-corrected chi connectivity index (χ0v) is 16.8. The van der Waals surface area contributed by atoms with Gasteiger partial charge in [0.05, 0.1) is 12.7 Å². The predicted octanol–water partition coefficient (Wildman–Crippen LogP) is 3.62. The minimum absolute atomic E-state index is 0.106. The van der Waals surface area contributed by atoms with Crippen LogP contribution in [0.15, 0.2) is 22.7 Å². The third-order valence-corrected chi connectivity index (χ3v) is 5.36. The number of amides is 1. The van der Waals surface area contributed by atoms with Crippen LogP contribution in [0.5, 0.6) is 0 Å². The number of hydrogen-bond acceptors (Lipinski definition) is 4. The average Bonchev–Trinajstić information content (AvgIpc) is 2.55. The molecule has 3 rings (SSSR count). The van der Waals surface area contributed by atoms with Crippen molar-refractivity contribution in [3.63, 3.8) is 0 Å². The molecule has 0 radical (unpaired) electrons. The van der Waals surface area contributed by atoms with Gasteiger partial charge in [0.2, 0.25) is 0 Å². The number of halogens is 1. The smallest absolute Gasteiger partial charge is 0.410 e. The molecule has 0 bridgehead atoms. The van der Waals surface area contributed by atoms with Gasteiger partial charge in [-0.3, -0.25) is 4.90 Å². The van der Waals surface area contributed by atoms with Crippen molar-refractivity contribution in [1.82, 2.24) is 9.80 Å². The monoisotopic (exact) mass is 410 g/mol. The molecule has 1 aromatic carbocycles. The second kappa shape index (κ2) is 7.64. The van der Waals surface area contributed by atoms with E-state index in [4.69, 9.17) is 9.47 Å². The predicted molar refractivity (Wildman–Crippen MR) is 101 cm³/mol. The van der Waals surface area contributed by atoms with Crippen molar-refractivity contribution in [2.75, 3.05) is 39.3 Å². The van der Waals surface area contributed by atoms with Crippen LogP contribution in [0.1, 0.15) is 38.0 Å². The van der Waals surface area contributed by atoms with Crippen LogP contribution in [-0.2, 0) is 15.9 Å². The van der Waals surface area contributed by atoms with E-state index in [9.17, 15) is 4.79 Å². The summed E-state index contributed by atoms with van der Waals surface area (Å²) < 4.78 is 12.7. The zero-order valence-electron chi connectivity index (χ0n) is 15.3. The van der Waals surface area contributed by atoms with Crippen molar-refractivity contribution in [1.29, 1.82) is 0 Å². The van der Waals surface area contributed by atoms with E-state index >= 15 is 0 Å². The molecule has 0 N–H and O–H groups in total. The number of fused-ring (bicyclic) bond motifs is 1. The van der Waals surface area contributed by atoms with Crippen molar-refractivity contribution < 1.29 is 14.3 Å². The second-order valence-electron chi connectivity index (χ2n) is 7.69. The molecule has 2 heterocycles. The molecule has 0 saturated carbocycles. The van der Waals surface area contributed by atoms with Gasteiger partial charge in [0.1, 0.15) is 5.60 Å². The van der Waals surface area contributed by atoms with Crippen LogP contribution in [-0.4, -0.2) is 60.8 Å². The Labute approximate surface area is 158 Å². The Bertz CT molecular complexity index is 622. The summed E-state index contributed by atoms with van der Waals surface area (Å²) in [5.41, 5.74) is 2.21. The zero-order chi connectivity index (χ0) is 18.0. The van der Waals surface area contributed by atoms with Gasteiger partial charge in [-0.25, -0.2) is 4.79 Å². The van der Waals surface area contributed by atoms with Crippen molar-refractivity contribution in [2.24, 2.45) is 0 Å². The number of carbonyl (C=O) groups is 1. The Balaban J connectivity index is 1.55. The van der Waals surface area contributed by atoms with Gasteiger partial charge in [-0.2, -0.15) is 0 Å². The van der Waals surface area contributed by atoms with E-state index < -0.39 is 5.60 Å². The van der Waals surface area contributed by atoms with Gasteiger partial charge in [0, 0.05) is 37.2 Å². The van der Waals surface area contributed by atoms with Crippen molar-refractivity contribution in [2.45, 2.75) is 38.9 Å². The summed E-state index contributed by atoms with van der Waals surface area (Å²) in [7, 11) is 0. The van der Waals surface area contributed by atoms with Gasteiger partial charge in [-0.15, -0.1) is 0 Å². The van der Waals surface area contributed by atoms with Crippen LogP contribution in [0, 0.1) is 0 Å². The number of benzene rings is 1. The molecule has 1 saturated heterocycles. The third kappa shape index (κ3) is 4.74. The van der Waals surface area contributed by atoms with Gasteiger partial charge < -0.3 is 14.4 Å². The van der Waals surface area contributed by atoms with E-state index in [-0.39, 0.29) is 12.2 Å². The topological polar surface area (TPSA) is 42.0 Å². The molecular formula is C19H27BrN2O3. The Morgan fingerprint density at radius 3 is 2.68 bits per heavy atom. The van der Waals surface area contributed by atoms with Crippen LogP contribution < -0.4 is 0 Å². The fraction of sp³-hybridized carbons (Fsp3) is 0.632. The molecule has 1 atom stereocenters. The van der Waals surface area contributed by atoms with E-state index in [0.717, 1.165) is 32.7 Å². The summed E-state index contributed by atoms with van der Waals surface area (Å²) in [5, 5.41) is 0. The Hall–Kier alpha value is -1.11. The highest BCUT2D eigenvalue weighted by molar-refractivity contribution is 9.10. The van der Waals surface area contributed by atoms with E-state index in [1.54, 1.807) is 4.90 Å². The molecule has 0 spiro atoms. The lowest BCUT2D eigenvalue weighted by atomic mass is 9.97. The summed E-state index contributed by atoms with van der Waals surface area (Å²) in [6.45, 7) is 10.4. The minimum atomic E-state index is -0.443. The van der Waals surface area contributed by atoms with E-state index in [2.05, 4.69) is 39.0 Å². The number of piperazine rings is 1. The fourth-order valence-corrected chi connectivity index (χ4v) is 3.94. The Morgan fingerprint density at radius 1 is 1.28 bits per heavy atom. The van der Waals surface area contributed by atoms with Crippen LogP contribution in [0.25, 0.3) is 0 Å². The molecule has 138 valence electrons. The summed E-state index contributed by atoms with van der Waals surface area (Å²) in [5.74, 6) is 0. The normalized spacial score (nSPS) is 21.8. The first kappa shape index (κ1) is 18.7. The number of rotatable bonds is 2. The Kier molecular flexibility index (Phi) is 5.71. The number of carbonyl (C=O) groups excluding carboxylic acids is 1. The molecule has 0 aromatic heterocycles. The minimum Gasteiger partial charge on any atom is -0.444 e. The standard InChI is InChI=1S/C19H27BrN2O3/c1-19(2,3)25-18(23)22-10-8-21(9-11-22)13-17-15-5-4-6-16(20)14(15)7-12-24-17/h4-6,17H,7-13H2,1-3H3/t17-/m0/s1. The Morgan fingerprint density at radius 2 is 2.00 bits per heavy atom. The van der Waals surface area contributed by atoms with Crippen LogP contribution in [0.2, 0.25) is 0 Å².